The fourth-order valence-corrected chi connectivity index (χ4v) is 3.70. The first kappa shape index (κ1) is 21.6. The van der Waals surface area contributed by atoms with E-state index in [-0.39, 0.29) is 11.9 Å². The van der Waals surface area contributed by atoms with Crippen LogP contribution in [0.15, 0.2) is 24.3 Å². The third-order valence-corrected chi connectivity index (χ3v) is 5.19. The summed E-state index contributed by atoms with van der Waals surface area (Å²) in [6, 6.07) is 7.96. The third kappa shape index (κ3) is 6.72. The van der Waals surface area contributed by atoms with E-state index >= 15 is 0 Å². The Morgan fingerprint density at radius 2 is 1.83 bits per heavy atom. The summed E-state index contributed by atoms with van der Waals surface area (Å²) in [5.74, 6) is 0.0598. The Bertz CT molecular complexity index is 702. The van der Waals surface area contributed by atoms with Crippen molar-refractivity contribution in [1.29, 1.82) is 0 Å². The van der Waals surface area contributed by atoms with Gasteiger partial charge in [-0.15, -0.1) is 0 Å². The normalized spacial score (nSPS) is 19.1. The number of benzene rings is 1. The molecular formula is C22H33N3O4. The average molecular weight is 404 g/mol. The quantitative estimate of drug-likeness (QED) is 0.837. The molecule has 0 atom stereocenters. The van der Waals surface area contributed by atoms with Crippen LogP contribution in [-0.4, -0.2) is 72.8 Å². The van der Waals surface area contributed by atoms with E-state index in [4.69, 9.17) is 9.47 Å². The molecule has 0 radical (unpaired) electrons. The minimum absolute atomic E-state index is 0.0431. The average Bonchev–Trinajstić information content (AvgIpc) is 2.67. The molecular weight excluding hydrogens is 370 g/mol. The Balaban J connectivity index is 1.50. The summed E-state index contributed by atoms with van der Waals surface area (Å²) in [6.45, 7) is 11.0. The molecule has 7 nitrogen and oxygen atoms in total. The Labute approximate surface area is 173 Å². The number of piperidine rings is 1. The lowest BCUT2D eigenvalue weighted by Crippen LogP contribution is -2.47. The van der Waals surface area contributed by atoms with Crippen molar-refractivity contribution in [3.8, 4) is 0 Å². The fourth-order valence-electron chi connectivity index (χ4n) is 3.70. The van der Waals surface area contributed by atoms with E-state index < -0.39 is 11.7 Å². The number of likely N-dealkylation sites (tertiary alicyclic amines) is 1. The van der Waals surface area contributed by atoms with Gasteiger partial charge in [0.1, 0.15) is 5.60 Å². The number of ether oxygens (including phenoxy) is 2. The molecule has 1 aromatic carbocycles. The predicted octanol–water partition coefficient (Wildman–Crippen LogP) is 2.65. The van der Waals surface area contributed by atoms with E-state index in [1.54, 1.807) is 0 Å². The molecule has 2 aliphatic rings. The predicted molar refractivity (Wildman–Crippen MR) is 111 cm³/mol. The van der Waals surface area contributed by atoms with Gasteiger partial charge < -0.3 is 19.7 Å². The Hall–Kier alpha value is -2.12. The summed E-state index contributed by atoms with van der Waals surface area (Å²) in [5, 5.41) is 2.91. The number of hydrogen-bond donors (Lipinski definition) is 1. The van der Waals surface area contributed by atoms with E-state index in [0.717, 1.165) is 56.8 Å². The van der Waals surface area contributed by atoms with Gasteiger partial charge in [-0.2, -0.15) is 0 Å². The zero-order chi connectivity index (χ0) is 20.9. The van der Waals surface area contributed by atoms with E-state index in [9.17, 15) is 9.59 Å². The van der Waals surface area contributed by atoms with E-state index in [2.05, 4.69) is 16.3 Å². The maximum absolute atomic E-state index is 12.9. The van der Waals surface area contributed by atoms with Gasteiger partial charge in [0.2, 0.25) is 0 Å². The monoisotopic (exact) mass is 403 g/mol. The molecule has 0 aromatic heterocycles. The van der Waals surface area contributed by atoms with Crippen LogP contribution in [0, 0.1) is 0 Å². The summed E-state index contributed by atoms with van der Waals surface area (Å²) < 4.78 is 10.7. The number of morpholine rings is 1. The number of alkyl carbamates (subject to hydrolysis) is 1. The van der Waals surface area contributed by atoms with Gasteiger partial charge in [0.05, 0.1) is 13.2 Å². The first-order valence-electron chi connectivity index (χ1n) is 10.5. The first-order chi connectivity index (χ1) is 13.8. The Morgan fingerprint density at radius 1 is 1.14 bits per heavy atom. The van der Waals surface area contributed by atoms with E-state index in [1.807, 2.05) is 43.9 Å². The van der Waals surface area contributed by atoms with Crippen LogP contribution in [0.1, 0.15) is 49.5 Å². The molecule has 7 heteroatoms. The zero-order valence-electron chi connectivity index (χ0n) is 17.8. The Kier molecular flexibility index (Phi) is 7.14. The van der Waals surface area contributed by atoms with Crippen LogP contribution in [-0.2, 0) is 16.0 Å². The van der Waals surface area contributed by atoms with Crippen molar-refractivity contribution in [2.24, 2.45) is 0 Å². The van der Waals surface area contributed by atoms with Crippen LogP contribution in [0.2, 0.25) is 0 Å². The molecule has 1 N–H and O–H groups in total. The zero-order valence-corrected chi connectivity index (χ0v) is 17.8. The summed E-state index contributed by atoms with van der Waals surface area (Å²) >= 11 is 0. The molecule has 0 aliphatic carbocycles. The number of carbonyl (C=O) groups is 2. The largest absolute Gasteiger partial charge is 0.444 e. The van der Waals surface area contributed by atoms with Crippen LogP contribution in [0.4, 0.5) is 4.79 Å². The number of carbonyl (C=O) groups excluding carboxylic acids is 2. The van der Waals surface area contributed by atoms with Crippen molar-refractivity contribution in [3.63, 3.8) is 0 Å². The number of nitrogens with zero attached hydrogens (tertiary/aromatic N) is 2. The molecule has 29 heavy (non-hydrogen) atoms. The summed E-state index contributed by atoms with van der Waals surface area (Å²) in [6.07, 6.45) is 1.08. The summed E-state index contributed by atoms with van der Waals surface area (Å²) in [4.78, 5) is 29.1. The molecule has 1 aromatic rings. The summed E-state index contributed by atoms with van der Waals surface area (Å²) in [5.41, 5.74) is 1.38. The SMILES string of the molecule is CC(C)(C)OC(=O)NC1CCN(C(=O)c2cccc(CN3CCOCC3)c2)CC1. The minimum Gasteiger partial charge on any atom is -0.444 e. The van der Waals surface area contributed by atoms with Crippen molar-refractivity contribution in [2.45, 2.75) is 51.8 Å². The summed E-state index contributed by atoms with van der Waals surface area (Å²) in [7, 11) is 0. The highest BCUT2D eigenvalue weighted by Gasteiger charge is 2.26. The lowest BCUT2D eigenvalue weighted by atomic mass is 10.0. The molecule has 160 valence electrons. The molecule has 2 amide bonds. The number of rotatable bonds is 4. The maximum atomic E-state index is 12.9. The molecule has 2 aliphatic heterocycles. The highest BCUT2D eigenvalue weighted by molar-refractivity contribution is 5.94. The van der Waals surface area contributed by atoms with Gasteiger partial charge in [-0.05, 0) is 51.3 Å². The second-order valence-corrected chi connectivity index (χ2v) is 8.80. The van der Waals surface area contributed by atoms with Crippen molar-refractivity contribution in [2.75, 3.05) is 39.4 Å². The van der Waals surface area contributed by atoms with Crippen molar-refractivity contribution >= 4 is 12.0 Å². The standard InChI is InChI=1S/C22H33N3O4/c1-22(2,3)29-21(27)23-19-7-9-25(10-8-19)20(26)18-6-4-5-17(15-18)16-24-11-13-28-14-12-24/h4-6,15,19H,7-14,16H2,1-3H3,(H,23,27). The van der Waals surface area contributed by atoms with Gasteiger partial charge in [-0.25, -0.2) is 4.79 Å². The second-order valence-electron chi connectivity index (χ2n) is 8.80. The molecule has 0 unspecified atom stereocenters. The Morgan fingerprint density at radius 3 is 2.48 bits per heavy atom. The molecule has 2 heterocycles. The van der Waals surface area contributed by atoms with Gasteiger partial charge in [0.25, 0.3) is 5.91 Å². The van der Waals surface area contributed by atoms with Gasteiger partial charge in [0, 0.05) is 44.3 Å². The molecule has 2 fully saturated rings. The first-order valence-corrected chi connectivity index (χ1v) is 10.5. The fraction of sp³-hybridized carbons (Fsp3) is 0.636. The van der Waals surface area contributed by atoms with Gasteiger partial charge >= 0.3 is 6.09 Å². The highest BCUT2D eigenvalue weighted by atomic mass is 16.6. The number of hydrogen-bond acceptors (Lipinski definition) is 5. The minimum atomic E-state index is -0.507. The van der Waals surface area contributed by atoms with E-state index in [0.29, 0.717) is 13.1 Å². The molecule has 0 saturated carbocycles. The van der Waals surface area contributed by atoms with Crippen LogP contribution >= 0.6 is 0 Å². The topological polar surface area (TPSA) is 71.1 Å². The number of nitrogens with one attached hydrogen (secondary N) is 1. The lowest BCUT2D eigenvalue weighted by Gasteiger charge is -2.33. The molecule has 0 bridgehead atoms. The van der Waals surface area contributed by atoms with Crippen LogP contribution < -0.4 is 5.32 Å². The lowest BCUT2D eigenvalue weighted by molar-refractivity contribution is 0.0341. The molecule has 3 rings (SSSR count). The molecule has 2 saturated heterocycles. The van der Waals surface area contributed by atoms with Crippen LogP contribution in [0.3, 0.4) is 0 Å². The van der Waals surface area contributed by atoms with Crippen molar-refractivity contribution in [3.05, 3.63) is 35.4 Å². The van der Waals surface area contributed by atoms with Crippen molar-refractivity contribution < 1.29 is 19.1 Å². The third-order valence-electron chi connectivity index (χ3n) is 5.19. The smallest absolute Gasteiger partial charge is 0.407 e. The van der Waals surface area contributed by atoms with Crippen molar-refractivity contribution in [1.82, 2.24) is 15.1 Å². The van der Waals surface area contributed by atoms with Gasteiger partial charge in [-0.1, -0.05) is 12.1 Å². The van der Waals surface area contributed by atoms with Gasteiger partial charge in [-0.3, -0.25) is 9.69 Å². The second kappa shape index (κ2) is 9.59. The van der Waals surface area contributed by atoms with Crippen LogP contribution in [0.25, 0.3) is 0 Å². The van der Waals surface area contributed by atoms with Gasteiger partial charge in [0.15, 0.2) is 0 Å². The molecule has 0 spiro atoms. The van der Waals surface area contributed by atoms with E-state index in [1.165, 1.54) is 0 Å². The van der Waals surface area contributed by atoms with Crippen LogP contribution in [0.5, 0.6) is 0 Å². The maximum Gasteiger partial charge on any atom is 0.407 e. The highest BCUT2D eigenvalue weighted by Crippen LogP contribution is 2.17. The number of amides is 2.